The van der Waals surface area contributed by atoms with Crippen molar-refractivity contribution in [1.82, 2.24) is 4.90 Å². The standard InChI is InChI=1S/C15H26N2O/c1-4-6-11-17(3)14(12-16)13-9-7-8-10-15(13)18-5-2/h7-10,14H,4-6,11-12,16H2,1-3H3. The van der Waals surface area contributed by atoms with Crippen molar-refractivity contribution in [3.8, 4) is 5.75 Å². The fourth-order valence-electron chi connectivity index (χ4n) is 2.15. The molecule has 0 aliphatic rings. The molecule has 1 atom stereocenters. The molecule has 0 radical (unpaired) electrons. The third-order valence-electron chi connectivity index (χ3n) is 3.20. The van der Waals surface area contributed by atoms with E-state index in [0.29, 0.717) is 13.2 Å². The molecule has 0 aromatic heterocycles. The number of likely N-dealkylation sites (N-methyl/N-ethyl adjacent to an activating group) is 1. The van der Waals surface area contributed by atoms with Gasteiger partial charge in [0.05, 0.1) is 12.6 Å². The van der Waals surface area contributed by atoms with Crippen molar-refractivity contribution in [1.29, 1.82) is 0 Å². The van der Waals surface area contributed by atoms with Crippen LogP contribution >= 0.6 is 0 Å². The lowest BCUT2D eigenvalue weighted by Crippen LogP contribution is -2.31. The first kappa shape index (κ1) is 15.0. The van der Waals surface area contributed by atoms with Gasteiger partial charge >= 0.3 is 0 Å². The van der Waals surface area contributed by atoms with Crippen molar-refractivity contribution >= 4 is 0 Å². The molecule has 0 saturated carbocycles. The number of ether oxygens (including phenoxy) is 1. The van der Waals surface area contributed by atoms with Crippen LogP contribution in [0, 0.1) is 0 Å². The average Bonchev–Trinajstić information content (AvgIpc) is 2.39. The Hall–Kier alpha value is -1.06. The van der Waals surface area contributed by atoms with Crippen molar-refractivity contribution in [2.24, 2.45) is 5.73 Å². The summed E-state index contributed by atoms with van der Waals surface area (Å²) in [5, 5.41) is 0. The molecule has 0 bridgehead atoms. The molecular weight excluding hydrogens is 224 g/mol. The highest BCUT2D eigenvalue weighted by atomic mass is 16.5. The molecular formula is C15H26N2O. The molecule has 0 fully saturated rings. The van der Waals surface area contributed by atoms with Gasteiger partial charge in [-0.05, 0) is 33.0 Å². The van der Waals surface area contributed by atoms with Crippen LogP contribution in [0.25, 0.3) is 0 Å². The second-order valence-electron chi connectivity index (χ2n) is 4.56. The second-order valence-corrected chi connectivity index (χ2v) is 4.56. The zero-order valence-corrected chi connectivity index (χ0v) is 11.9. The zero-order valence-electron chi connectivity index (χ0n) is 11.9. The third kappa shape index (κ3) is 4.00. The Balaban J connectivity index is 2.86. The molecule has 18 heavy (non-hydrogen) atoms. The molecule has 3 nitrogen and oxygen atoms in total. The number of unbranched alkanes of at least 4 members (excludes halogenated alkanes) is 1. The third-order valence-corrected chi connectivity index (χ3v) is 3.20. The first-order valence-corrected chi connectivity index (χ1v) is 6.86. The number of hydrogen-bond acceptors (Lipinski definition) is 3. The van der Waals surface area contributed by atoms with Crippen molar-refractivity contribution in [2.45, 2.75) is 32.7 Å². The minimum absolute atomic E-state index is 0.235. The SMILES string of the molecule is CCCCN(C)C(CN)c1ccccc1OCC. The predicted molar refractivity (Wildman–Crippen MR) is 76.9 cm³/mol. The van der Waals surface area contributed by atoms with Gasteiger partial charge in [-0.3, -0.25) is 4.90 Å². The van der Waals surface area contributed by atoms with E-state index in [1.807, 2.05) is 25.1 Å². The van der Waals surface area contributed by atoms with Gasteiger partial charge in [0.1, 0.15) is 5.75 Å². The highest BCUT2D eigenvalue weighted by Crippen LogP contribution is 2.28. The van der Waals surface area contributed by atoms with Crippen LogP contribution in [0.15, 0.2) is 24.3 Å². The quantitative estimate of drug-likeness (QED) is 0.771. The molecule has 1 rings (SSSR count). The molecule has 1 aromatic carbocycles. The number of benzene rings is 1. The maximum Gasteiger partial charge on any atom is 0.124 e. The summed E-state index contributed by atoms with van der Waals surface area (Å²) in [6.45, 7) is 6.59. The highest BCUT2D eigenvalue weighted by molar-refractivity contribution is 5.36. The maximum absolute atomic E-state index is 5.95. The van der Waals surface area contributed by atoms with Crippen LogP contribution < -0.4 is 10.5 Å². The van der Waals surface area contributed by atoms with Gasteiger partial charge in [-0.1, -0.05) is 31.5 Å². The highest BCUT2D eigenvalue weighted by Gasteiger charge is 2.18. The monoisotopic (exact) mass is 250 g/mol. The Morgan fingerprint density at radius 2 is 2.00 bits per heavy atom. The smallest absolute Gasteiger partial charge is 0.124 e. The van der Waals surface area contributed by atoms with E-state index in [-0.39, 0.29) is 6.04 Å². The molecule has 0 heterocycles. The van der Waals surface area contributed by atoms with Gasteiger partial charge in [0.25, 0.3) is 0 Å². The van der Waals surface area contributed by atoms with Crippen LogP contribution in [0.1, 0.15) is 38.3 Å². The van der Waals surface area contributed by atoms with Gasteiger partial charge in [0, 0.05) is 12.1 Å². The van der Waals surface area contributed by atoms with E-state index in [4.69, 9.17) is 10.5 Å². The van der Waals surface area contributed by atoms with E-state index in [9.17, 15) is 0 Å². The fraction of sp³-hybridized carbons (Fsp3) is 0.600. The molecule has 3 heteroatoms. The number of hydrogen-bond donors (Lipinski definition) is 1. The Morgan fingerprint density at radius 3 is 2.61 bits per heavy atom. The van der Waals surface area contributed by atoms with E-state index < -0.39 is 0 Å². The summed E-state index contributed by atoms with van der Waals surface area (Å²) in [5.41, 5.74) is 7.14. The normalized spacial score (nSPS) is 12.7. The Bertz CT molecular complexity index is 341. The van der Waals surface area contributed by atoms with Gasteiger partial charge in [-0.2, -0.15) is 0 Å². The summed E-state index contributed by atoms with van der Waals surface area (Å²) in [5.74, 6) is 0.957. The minimum Gasteiger partial charge on any atom is -0.494 e. The summed E-state index contributed by atoms with van der Waals surface area (Å²) >= 11 is 0. The van der Waals surface area contributed by atoms with Crippen molar-refractivity contribution in [3.05, 3.63) is 29.8 Å². The predicted octanol–water partition coefficient (Wildman–Crippen LogP) is 2.82. The van der Waals surface area contributed by atoms with Crippen LogP contribution in [0.5, 0.6) is 5.75 Å². The lowest BCUT2D eigenvalue weighted by atomic mass is 10.0. The summed E-state index contributed by atoms with van der Waals surface area (Å²) in [6, 6.07) is 8.43. The average molecular weight is 250 g/mol. The fourth-order valence-corrected chi connectivity index (χ4v) is 2.15. The summed E-state index contributed by atoms with van der Waals surface area (Å²) in [7, 11) is 2.13. The molecule has 0 amide bonds. The number of nitrogens with zero attached hydrogens (tertiary/aromatic N) is 1. The summed E-state index contributed by atoms with van der Waals surface area (Å²) in [6.07, 6.45) is 2.40. The molecule has 0 spiro atoms. The maximum atomic E-state index is 5.95. The zero-order chi connectivity index (χ0) is 13.4. The number of nitrogens with two attached hydrogens (primary N) is 1. The topological polar surface area (TPSA) is 38.5 Å². The van der Waals surface area contributed by atoms with Crippen molar-refractivity contribution < 1.29 is 4.74 Å². The van der Waals surface area contributed by atoms with Crippen LogP contribution in [0.4, 0.5) is 0 Å². The van der Waals surface area contributed by atoms with Crippen LogP contribution in [-0.4, -0.2) is 31.6 Å². The van der Waals surface area contributed by atoms with Gasteiger partial charge in [0.2, 0.25) is 0 Å². The van der Waals surface area contributed by atoms with Gasteiger partial charge in [0.15, 0.2) is 0 Å². The van der Waals surface area contributed by atoms with E-state index in [1.165, 1.54) is 18.4 Å². The molecule has 0 saturated heterocycles. The Labute approximate surface area is 111 Å². The van der Waals surface area contributed by atoms with Crippen molar-refractivity contribution in [2.75, 3.05) is 26.7 Å². The largest absolute Gasteiger partial charge is 0.494 e. The number of para-hydroxylation sites is 1. The molecule has 102 valence electrons. The molecule has 1 aromatic rings. The first-order valence-electron chi connectivity index (χ1n) is 6.86. The number of rotatable bonds is 8. The second kappa shape index (κ2) is 8.11. The van der Waals surface area contributed by atoms with Crippen LogP contribution in [-0.2, 0) is 0 Å². The lowest BCUT2D eigenvalue weighted by molar-refractivity contribution is 0.237. The molecule has 0 aliphatic carbocycles. The molecule has 0 aliphatic heterocycles. The summed E-state index contributed by atoms with van der Waals surface area (Å²) < 4.78 is 5.69. The Kier molecular flexibility index (Phi) is 6.76. The van der Waals surface area contributed by atoms with Crippen molar-refractivity contribution in [3.63, 3.8) is 0 Å². The van der Waals surface area contributed by atoms with E-state index in [2.05, 4.69) is 24.9 Å². The van der Waals surface area contributed by atoms with Gasteiger partial charge in [-0.25, -0.2) is 0 Å². The van der Waals surface area contributed by atoms with E-state index in [1.54, 1.807) is 0 Å². The first-order chi connectivity index (χ1) is 8.74. The van der Waals surface area contributed by atoms with E-state index in [0.717, 1.165) is 12.3 Å². The van der Waals surface area contributed by atoms with Crippen LogP contribution in [0.3, 0.4) is 0 Å². The van der Waals surface area contributed by atoms with Gasteiger partial charge < -0.3 is 10.5 Å². The summed E-state index contributed by atoms with van der Waals surface area (Å²) in [4.78, 5) is 2.32. The van der Waals surface area contributed by atoms with Gasteiger partial charge in [-0.15, -0.1) is 0 Å². The lowest BCUT2D eigenvalue weighted by Gasteiger charge is -2.28. The molecule has 2 N–H and O–H groups in total. The van der Waals surface area contributed by atoms with Crippen LogP contribution in [0.2, 0.25) is 0 Å². The molecule has 1 unspecified atom stereocenters. The Morgan fingerprint density at radius 1 is 1.28 bits per heavy atom. The van der Waals surface area contributed by atoms with E-state index >= 15 is 0 Å². The minimum atomic E-state index is 0.235.